The van der Waals surface area contributed by atoms with Crippen molar-refractivity contribution in [3.8, 4) is 0 Å². The Hall–Kier alpha value is -1.58. The normalized spacial score (nSPS) is 25.5. The zero-order chi connectivity index (χ0) is 16.2. The van der Waals surface area contributed by atoms with E-state index in [4.69, 9.17) is 0 Å². The number of hydrogen-bond acceptors (Lipinski definition) is 3. The number of pyridine rings is 1. The molecule has 2 aliphatic heterocycles. The van der Waals surface area contributed by atoms with Gasteiger partial charge in [-0.25, -0.2) is 0 Å². The molecule has 2 unspecified atom stereocenters. The maximum absolute atomic E-state index is 12.8. The molecule has 1 aromatic heterocycles. The molecule has 0 N–H and O–H groups in total. The number of carbonyl (C=O) groups excluding carboxylic acids is 1. The van der Waals surface area contributed by atoms with E-state index in [1.54, 1.807) is 6.20 Å². The lowest BCUT2D eigenvalue weighted by atomic mass is 9.98. The minimum atomic E-state index is 0.149. The first-order valence-corrected chi connectivity index (χ1v) is 9.20. The minimum absolute atomic E-state index is 0.149. The molecule has 126 valence electrons. The van der Waals surface area contributed by atoms with Crippen molar-refractivity contribution >= 4 is 11.6 Å². The van der Waals surface area contributed by atoms with Gasteiger partial charge in [0.1, 0.15) is 0 Å². The van der Waals surface area contributed by atoms with Crippen LogP contribution >= 0.6 is 0 Å². The molecule has 0 spiro atoms. The van der Waals surface area contributed by atoms with Crippen LogP contribution < -0.4 is 4.90 Å². The lowest BCUT2D eigenvalue weighted by Crippen LogP contribution is -2.40. The maximum Gasteiger partial charge on any atom is 0.255 e. The molecule has 2 aliphatic rings. The number of piperidine rings is 2. The summed E-state index contributed by atoms with van der Waals surface area (Å²) in [5.74, 6) is 0.756. The zero-order valence-electron chi connectivity index (χ0n) is 14.5. The number of likely N-dealkylation sites (tertiary alicyclic amines) is 1. The molecule has 1 amide bonds. The van der Waals surface area contributed by atoms with Gasteiger partial charge in [0.05, 0.1) is 17.4 Å². The Morgan fingerprint density at radius 3 is 2.87 bits per heavy atom. The maximum atomic E-state index is 12.8. The Morgan fingerprint density at radius 1 is 1.22 bits per heavy atom. The molecule has 23 heavy (non-hydrogen) atoms. The van der Waals surface area contributed by atoms with Crippen LogP contribution in [0, 0.1) is 5.92 Å². The second kappa shape index (κ2) is 7.33. The van der Waals surface area contributed by atoms with E-state index >= 15 is 0 Å². The third-order valence-electron chi connectivity index (χ3n) is 5.35. The third-order valence-corrected chi connectivity index (χ3v) is 5.35. The number of aromatic nitrogens is 1. The molecule has 4 nitrogen and oxygen atoms in total. The van der Waals surface area contributed by atoms with Crippen LogP contribution in [0.5, 0.6) is 0 Å². The average molecular weight is 315 g/mol. The van der Waals surface area contributed by atoms with Gasteiger partial charge in [-0.05, 0) is 50.5 Å². The highest BCUT2D eigenvalue weighted by atomic mass is 16.2. The fourth-order valence-corrected chi connectivity index (χ4v) is 4.02. The Labute approximate surface area is 139 Å². The van der Waals surface area contributed by atoms with Crippen molar-refractivity contribution in [3.05, 3.63) is 24.0 Å². The van der Waals surface area contributed by atoms with E-state index < -0.39 is 0 Å². The fraction of sp³-hybridized carbons (Fsp3) is 0.684. The summed E-state index contributed by atoms with van der Waals surface area (Å²) in [5.41, 5.74) is 1.87. The van der Waals surface area contributed by atoms with Crippen LogP contribution in [0.1, 0.15) is 62.7 Å². The molecule has 0 aromatic carbocycles. The summed E-state index contributed by atoms with van der Waals surface area (Å²) in [5, 5.41) is 0. The second-order valence-corrected chi connectivity index (χ2v) is 7.18. The van der Waals surface area contributed by atoms with Crippen LogP contribution in [0.25, 0.3) is 0 Å². The highest BCUT2D eigenvalue weighted by molar-refractivity contribution is 5.94. The molecule has 1 aromatic rings. The van der Waals surface area contributed by atoms with E-state index in [1.165, 1.54) is 25.7 Å². The number of rotatable bonds is 3. The average Bonchev–Trinajstić information content (AvgIpc) is 2.61. The summed E-state index contributed by atoms with van der Waals surface area (Å²) in [7, 11) is 0. The number of nitrogens with zero attached hydrogens (tertiary/aromatic N) is 3. The SMILES string of the molecule is CCC1CCCCN1c1cncc(C(=O)N2CCCC(C)C2)c1. The van der Waals surface area contributed by atoms with Crippen LogP contribution in [0.15, 0.2) is 18.5 Å². The molecule has 4 heteroatoms. The molecule has 0 aliphatic carbocycles. The summed E-state index contributed by atoms with van der Waals surface area (Å²) in [4.78, 5) is 21.6. The molecule has 2 atom stereocenters. The van der Waals surface area contributed by atoms with E-state index in [0.29, 0.717) is 12.0 Å². The van der Waals surface area contributed by atoms with Crippen LogP contribution in [0.3, 0.4) is 0 Å². The van der Waals surface area contributed by atoms with E-state index in [1.807, 2.05) is 11.1 Å². The van der Waals surface area contributed by atoms with E-state index in [0.717, 1.165) is 43.7 Å². The van der Waals surface area contributed by atoms with Crippen LogP contribution in [-0.2, 0) is 0 Å². The molecular weight excluding hydrogens is 286 g/mol. The van der Waals surface area contributed by atoms with Crippen LogP contribution in [0.4, 0.5) is 5.69 Å². The largest absolute Gasteiger partial charge is 0.367 e. The quantitative estimate of drug-likeness (QED) is 0.853. The Kier molecular flexibility index (Phi) is 5.19. The van der Waals surface area contributed by atoms with Gasteiger partial charge >= 0.3 is 0 Å². The van der Waals surface area contributed by atoms with Crippen molar-refractivity contribution in [1.29, 1.82) is 0 Å². The first-order chi connectivity index (χ1) is 11.2. The molecule has 0 bridgehead atoms. The first kappa shape index (κ1) is 16.3. The minimum Gasteiger partial charge on any atom is -0.367 e. The summed E-state index contributed by atoms with van der Waals surface area (Å²) < 4.78 is 0. The first-order valence-electron chi connectivity index (χ1n) is 9.20. The molecule has 2 saturated heterocycles. The molecule has 0 saturated carbocycles. The van der Waals surface area contributed by atoms with Gasteiger partial charge in [-0.3, -0.25) is 9.78 Å². The van der Waals surface area contributed by atoms with Crippen molar-refractivity contribution in [1.82, 2.24) is 9.88 Å². The monoisotopic (exact) mass is 315 g/mol. The summed E-state index contributed by atoms with van der Waals surface area (Å²) in [6.45, 7) is 7.33. The Balaban J connectivity index is 1.77. The smallest absolute Gasteiger partial charge is 0.255 e. The van der Waals surface area contributed by atoms with Crippen molar-refractivity contribution in [2.45, 2.75) is 58.4 Å². The van der Waals surface area contributed by atoms with Crippen molar-refractivity contribution in [2.75, 3.05) is 24.5 Å². The predicted molar refractivity (Wildman–Crippen MR) is 93.8 cm³/mol. The van der Waals surface area contributed by atoms with Gasteiger partial charge in [0.25, 0.3) is 5.91 Å². The summed E-state index contributed by atoms with van der Waals surface area (Å²) in [6, 6.07) is 2.65. The third kappa shape index (κ3) is 3.67. The summed E-state index contributed by atoms with van der Waals surface area (Å²) >= 11 is 0. The van der Waals surface area contributed by atoms with E-state index in [-0.39, 0.29) is 5.91 Å². The predicted octanol–water partition coefficient (Wildman–Crippen LogP) is 3.72. The summed E-state index contributed by atoms with van der Waals surface area (Å²) in [6.07, 6.45) is 10.9. The van der Waals surface area contributed by atoms with Crippen molar-refractivity contribution in [2.24, 2.45) is 5.92 Å². The number of hydrogen-bond donors (Lipinski definition) is 0. The second-order valence-electron chi connectivity index (χ2n) is 7.18. The standard InChI is InChI=1S/C19H29N3O/c1-3-17-8-4-5-10-22(17)18-11-16(12-20-13-18)19(23)21-9-6-7-15(2)14-21/h11-13,15,17H,3-10,14H2,1-2H3. The molecule has 2 fully saturated rings. The lowest BCUT2D eigenvalue weighted by molar-refractivity contribution is 0.0682. The zero-order valence-corrected chi connectivity index (χ0v) is 14.5. The number of amides is 1. The fourth-order valence-electron chi connectivity index (χ4n) is 4.02. The van der Waals surface area contributed by atoms with Gasteiger partial charge in [-0.2, -0.15) is 0 Å². The molecule has 3 rings (SSSR count). The van der Waals surface area contributed by atoms with Crippen molar-refractivity contribution in [3.63, 3.8) is 0 Å². The highest BCUT2D eigenvalue weighted by Crippen LogP contribution is 2.27. The van der Waals surface area contributed by atoms with Gasteiger partial charge in [-0.1, -0.05) is 13.8 Å². The van der Waals surface area contributed by atoms with Gasteiger partial charge in [0, 0.05) is 31.9 Å². The van der Waals surface area contributed by atoms with Gasteiger partial charge in [0.15, 0.2) is 0 Å². The van der Waals surface area contributed by atoms with Crippen molar-refractivity contribution < 1.29 is 4.79 Å². The number of carbonyl (C=O) groups is 1. The molecular formula is C19H29N3O. The lowest BCUT2D eigenvalue weighted by Gasteiger charge is -2.37. The Morgan fingerprint density at radius 2 is 2.09 bits per heavy atom. The molecule has 0 radical (unpaired) electrons. The van der Waals surface area contributed by atoms with Gasteiger partial charge < -0.3 is 9.80 Å². The topological polar surface area (TPSA) is 36.4 Å². The van der Waals surface area contributed by atoms with E-state index in [2.05, 4.69) is 29.8 Å². The van der Waals surface area contributed by atoms with Gasteiger partial charge in [-0.15, -0.1) is 0 Å². The molecule has 3 heterocycles. The van der Waals surface area contributed by atoms with Gasteiger partial charge in [0.2, 0.25) is 0 Å². The van der Waals surface area contributed by atoms with E-state index in [9.17, 15) is 4.79 Å². The van der Waals surface area contributed by atoms with Crippen LogP contribution in [0.2, 0.25) is 0 Å². The number of anilines is 1. The van der Waals surface area contributed by atoms with Crippen LogP contribution in [-0.4, -0.2) is 41.5 Å². The Bertz CT molecular complexity index is 545. The highest BCUT2D eigenvalue weighted by Gasteiger charge is 2.25.